The highest BCUT2D eigenvalue weighted by Crippen LogP contribution is 2.15. The van der Waals surface area contributed by atoms with E-state index in [0.717, 1.165) is 23.7 Å². The van der Waals surface area contributed by atoms with Gasteiger partial charge in [0, 0.05) is 33.7 Å². The summed E-state index contributed by atoms with van der Waals surface area (Å²) >= 11 is 0. The normalized spacial score (nSPS) is 19.3. The van der Waals surface area contributed by atoms with Crippen molar-refractivity contribution in [1.29, 1.82) is 0 Å². The minimum atomic E-state index is -0.882. The second kappa shape index (κ2) is 5.46. The van der Waals surface area contributed by atoms with Crippen molar-refractivity contribution in [2.75, 3.05) is 24.7 Å². The summed E-state index contributed by atoms with van der Waals surface area (Å²) in [5, 5.41) is 6.85. The van der Waals surface area contributed by atoms with E-state index in [9.17, 15) is 4.21 Å². The summed E-state index contributed by atoms with van der Waals surface area (Å²) in [7, 11) is -0.882. The van der Waals surface area contributed by atoms with E-state index in [4.69, 9.17) is 0 Å². The van der Waals surface area contributed by atoms with Crippen LogP contribution in [0.1, 0.15) is 12.8 Å². The SMILES string of the molecule is CS(=O)c1ccc(NC2CCNCC2)cc1. The van der Waals surface area contributed by atoms with Crippen LogP contribution in [0.25, 0.3) is 0 Å². The molecule has 1 fully saturated rings. The van der Waals surface area contributed by atoms with Crippen molar-refractivity contribution in [3.05, 3.63) is 24.3 Å². The van der Waals surface area contributed by atoms with Crippen LogP contribution in [-0.4, -0.2) is 29.6 Å². The molecule has 3 nitrogen and oxygen atoms in total. The third-order valence-electron chi connectivity index (χ3n) is 2.90. The van der Waals surface area contributed by atoms with Crippen LogP contribution in [0.4, 0.5) is 5.69 Å². The molecular weight excluding hydrogens is 220 g/mol. The Morgan fingerprint density at radius 3 is 2.44 bits per heavy atom. The molecule has 2 rings (SSSR count). The van der Waals surface area contributed by atoms with Crippen LogP contribution in [0.2, 0.25) is 0 Å². The molecule has 0 saturated carbocycles. The molecule has 1 aromatic rings. The van der Waals surface area contributed by atoms with Crippen molar-refractivity contribution in [2.45, 2.75) is 23.8 Å². The molecular formula is C12H18N2OS. The standard InChI is InChI=1S/C12H18N2OS/c1-16(15)12-4-2-10(3-5-12)14-11-6-8-13-9-7-11/h2-5,11,13-14H,6-9H2,1H3. The maximum absolute atomic E-state index is 11.2. The third-order valence-corrected chi connectivity index (χ3v) is 3.83. The molecule has 1 aromatic carbocycles. The zero-order chi connectivity index (χ0) is 11.4. The first-order chi connectivity index (χ1) is 7.75. The van der Waals surface area contributed by atoms with E-state index in [1.54, 1.807) is 6.26 Å². The van der Waals surface area contributed by atoms with E-state index in [0.29, 0.717) is 6.04 Å². The van der Waals surface area contributed by atoms with Gasteiger partial charge >= 0.3 is 0 Å². The summed E-state index contributed by atoms with van der Waals surface area (Å²) in [6, 6.07) is 8.45. The molecule has 1 heterocycles. The predicted octanol–water partition coefficient (Wildman–Crippen LogP) is 1.59. The molecule has 0 bridgehead atoms. The first kappa shape index (κ1) is 11.6. The van der Waals surface area contributed by atoms with E-state index in [-0.39, 0.29) is 0 Å². The minimum absolute atomic E-state index is 0.569. The lowest BCUT2D eigenvalue weighted by Gasteiger charge is -2.24. The van der Waals surface area contributed by atoms with Gasteiger partial charge in [-0.25, -0.2) is 0 Å². The highest BCUT2D eigenvalue weighted by molar-refractivity contribution is 7.84. The quantitative estimate of drug-likeness (QED) is 0.840. The topological polar surface area (TPSA) is 41.1 Å². The van der Waals surface area contributed by atoms with Gasteiger partial charge in [-0.15, -0.1) is 0 Å². The molecule has 2 N–H and O–H groups in total. The lowest BCUT2D eigenvalue weighted by molar-refractivity contribution is 0.479. The predicted molar refractivity (Wildman–Crippen MR) is 68.3 cm³/mol. The van der Waals surface area contributed by atoms with E-state index in [1.165, 1.54) is 12.8 Å². The molecule has 4 heteroatoms. The van der Waals surface area contributed by atoms with Crippen molar-refractivity contribution < 1.29 is 4.21 Å². The number of hydrogen-bond acceptors (Lipinski definition) is 3. The van der Waals surface area contributed by atoms with Crippen molar-refractivity contribution in [3.63, 3.8) is 0 Å². The number of nitrogens with one attached hydrogen (secondary N) is 2. The van der Waals surface area contributed by atoms with E-state index >= 15 is 0 Å². The number of rotatable bonds is 3. The molecule has 0 amide bonds. The monoisotopic (exact) mass is 238 g/mol. The van der Waals surface area contributed by atoms with Gasteiger partial charge in [0.1, 0.15) is 0 Å². The molecule has 1 unspecified atom stereocenters. The molecule has 1 aliphatic heterocycles. The van der Waals surface area contributed by atoms with Gasteiger partial charge in [0.05, 0.1) is 0 Å². The summed E-state index contributed by atoms with van der Waals surface area (Å²) < 4.78 is 11.2. The summed E-state index contributed by atoms with van der Waals surface area (Å²) in [6.07, 6.45) is 4.04. The first-order valence-corrected chi connectivity index (χ1v) is 7.22. The fourth-order valence-electron chi connectivity index (χ4n) is 1.94. The second-order valence-electron chi connectivity index (χ2n) is 4.15. The van der Waals surface area contributed by atoms with Gasteiger partial charge in [0.2, 0.25) is 0 Å². The molecule has 0 radical (unpaired) electrons. The Balaban J connectivity index is 1.96. The molecule has 0 spiro atoms. The van der Waals surface area contributed by atoms with Crippen molar-refractivity contribution >= 4 is 16.5 Å². The first-order valence-electron chi connectivity index (χ1n) is 5.66. The molecule has 1 aliphatic rings. The van der Waals surface area contributed by atoms with E-state index in [2.05, 4.69) is 10.6 Å². The maximum Gasteiger partial charge on any atom is 0.0498 e. The number of benzene rings is 1. The van der Waals surface area contributed by atoms with Crippen LogP contribution >= 0.6 is 0 Å². The highest BCUT2D eigenvalue weighted by atomic mass is 32.2. The zero-order valence-corrected chi connectivity index (χ0v) is 10.3. The largest absolute Gasteiger partial charge is 0.382 e. The van der Waals surface area contributed by atoms with Gasteiger partial charge in [-0.2, -0.15) is 0 Å². The second-order valence-corrected chi connectivity index (χ2v) is 5.53. The highest BCUT2D eigenvalue weighted by Gasteiger charge is 2.12. The molecule has 88 valence electrons. The van der Waals surface area contributed by atoms with Crippen molar-refractivity contribution in [3.8, 4) is 0 Å². The summed E-state index contributed by atoms with van der Waals surface area (Å²) in [6.45, 7) is 2.18. The lowest BCUT2D eigenvalue weighted by atomic mass is 10.1. The molecule has 0 aliphatic carbocycles. The summed E-state index contributed by atoms with van der Waals surface area (Å²) in [5.74, 6) is 0. The smallest absolute Gasteiger partial charge is 0.0498 e. The fraction of sp³-hybridized carbons (Fsp3) is 0.500. The number of hydrogen-bond donors (Lipinski definition) is 2. The van der Waals surface area contributed by atoms with Crippen LogP contribution in [0.3, 0.4) is 0 Å². The Morgan fingerprint density at radius 2 is 1.88 bits per heavy atom. The number of anilines is 1. The van der Waals surface area contributed by atoms with Gasteiger partial charge < -0.3 is 10.6 Å². The lowest BCUT2D eigenvalue weighted by Crippen LogP contribution is -2.35. The Hall–Kier alpha value is -0.870. The summed E-state index contributed by atoms with van der Waals surface area (Å²) in [5.41, 5.74) is 1.13. The summed E-state index contributed by atoms with van der Waals surface area (Å²) in [4.78, 5) is 0.885. The van der Waals surface area contributed by atoms with Gasteiger partial charge in [0.25, 0.3) is 0 Å². The van der Waals surface area contributed by atoms with Crippen LogP contribution < -0.4 is 10.6 Å². The van der Waals surface area contributed by atoms with Crippen molar-refractivity contribution in [1.82, 2.24) is 5.32 Å². The van der Waals surface area contributed by atoms with E-state index < -0.39 is 10.8 Å². The van der Waals surface area contributed by atoms with Gasteiger partial charge in [0.15, 0.2) is 0 Å². The van der Waals surface area contributed by atoms with Gasteiger partial charge in [-0.3, -0.25) is 4.21 Å². The Bertz CT molecular complexity index is 358. The van der Waals surface area contributed by atoms with Crippen LogP contribution in [-0.2, 0) is 10.8 Å². The average Bonchev–Trinajstić information content (AvgIpc) is 2.31. The average molecular weight is 238 g/mol. The van der Waals surface area contributed by atoms with Crippen LogP contribution in [0.5, 0.6) is 0 Å². The molecule has 16 heavy (non-hydrogen) atoms. The molecule has 0 aromatic heterocycles. The van der Waals surface area contributed by atoms with E-state index in [1.807, 2.05) is 24.3 Å². The van der Waals surface area contributed by atoms with Gasteiger partial charge in [-0.1, -0.05) is 0 Å². The Labute approximate surface area is 99.1 Å². The molecule has 1 saturated heterocycles. The fourth-order valence-corrected chi connectivity index (χ4v) is 2.46. The maximum atomic E-state index is 11.2. The van der Waals surface area contributed by atoms with Crippen molar-refractivity contribution in [2.24, 2.45) is 0 Å². The Kier molecular flexibility index (Phi) is 3.96. The molecule has 1 atom stereocenters. The Morgan fingerprint density at radius 1 is 1.25 bits per heavy atom. The van der Waals surface area contributed by atoms with Gasteiger partial charge in [-0.05, 0) is 50.2 Å². The zero-order valence-electron chi connectivity index (χ0n) is 9.53. The van der Waals surface area contributed by atoms with Crippen LogP contribution in [0, 0.1) is 0 Å². The minimum Gasteiger partial charge on any atom is -0.382 e. The third kappa shape index (κ3) is 3.06. The van der Waals surface area contributed by atoms with Crippen LogP contribution in [0.15, 0.2) is 29.2 Å². The number of piperidine rings is 1.